The minimum Gasteiger partial charge on any atom is -0.350 e. The molecule has 0 aliphatic carbocycles. The number of nitrogens with one attached hydrogen (secondary N) is 1. The Labute approximate surface area is 149 Å². The summed E-state index contributed by atoms with van der Waals surface area (Å²) in [6, 6.07) is 11.8. The Hall–Kier alpha value is -2.34. The fourth-order valence-corrected chi connectivity index (χ4v) is 3.75. The highest BCUT2D eigenvalue weighted by Gasteiger charge is 2.23. The quantitative estimate of drug-likeness (QED) is 0.890. The van der Waals surface area contributed by atoms with Crippen LogP contribution in [0.25, 0.3) is 0 Å². The van der Waals surface area contributed by atoms with Crippen molar-refractivity contribution in [2.45, 2.75) is 38.6 Å². The van der Waals surface area contributed by atoms with Gasteiger partial charge in [-0.2, -0.15) is 0 Å². The molecule has 0 heterocycles. The van der Waals surface area contributed by atoms with Crippen LogP contribution in [0.2, 0.25) is 0 Å². The molecule has 25 heavy (non-hydrogen) atoms. The monoisotopic (exact) mass is 360 g/mol. The highest BCUT2D eigenvalue weighted by Crippen LogP contribution is 2.26. The summed E-state index contributed by atoms with van der Waals surface area (Å²) in [4.78, 5) is 12.3. The van der Waals surface area contributed by atoms with E-state index in [1.54, 1.807) is 49.4 Å². The third-order valence-corrected chi connectivity index (χ3v) is 5.68. The molecule has 6 heteroatoms. The van der Waals surface area contributed by atoms with E-state index >= 15 is 0 Å². The predicted molar refractivity (Wildman–Crippen MR) is 101 cm³/mol. The van der Waals surface area contributed by atoms with Crippen LogP contribution in [-0.4, -0.2) is 27.4 Å². The van der Waals surface area contributed by atoms with Gasteiger partial charge in [-0.1, -0.05) is 17.7 Å². The topological polar surface area (TPSA) is 66.5 Å². The molecule has 2 aromatic carbocycles. The summed E-state index contributed by atoms with van der Waals surface area (Å²) >= 11 is 0. The summed E-state index contributed by atoms with van der Waals surface area (Å²) in [6.07, 6.45) is 0. The van der Waals surface area contributed by atoms with Crippen LogP contribution in [0.4, 0.5) is 5.69 Å². The lowest BCUT2D eigenvalue weighted by Crippen LogP contribution is -2.30. The van der Waals surface area contributed by atoms with Gasteiger partial charge in [0.1, 0.15) is 0 Å². The highest BCUT2D eigenvalue weighted by atomic mass is 32.2. The van der Waals surface area contributed by atoms with Gasteiger partial charge >= 0.3 is 0 Å². The van der Waals surface area contributed by atoms with E-state index in [1.807, 2.05) is 20.8 Å². The minimum absolute atomic E-state index is 0.0390. The summed E-state index contributed by atoms with van der Waals surface area (Å²) in [5, 5.41) is 2.83. The first-order chi connectivity index (χ1) is 11.6. The Bertz CT molecular complexity index is 872. The average molecular weight is 360 g/mol. The second-order valence-corrected chi connectivity index (χ2v) is 8.38. The van der Waals surface area contributed by atoms with Crippen molar-refractivity contribution in [1.82, 2.24) is 5.32 Å². The normalized spacial score (nSPS) is 11.4. The van der Waals surface area contributed by atoms with Crippen molar-refractivity contribution in [2.24, 2.45) is 0 Å². The van der Waals surface area contributed by atoms with Crippen molar-refractivity contribution >= 4 is 21.6 Å². The van der Waals surface area contributed by atoms with Crippen LogP contribution in [0.5, 0.6) is 0 Å². The van der Waals surface area contributed by atoms with E-state index in [0.29, 0.717) is 11.3 Å². The van der Waals surface area contributed by atoms with Crippen molar-refractivity contribution in [2.75, 3.05) is 11.4 Å². The van der Waals surface area contributed by atoms with Gasteiger partial charge in [0.2, 0.25) is 0 Å². The van der Waals surface area contributed by atoms with E-state index < -0.39 is 10.0 Å². The van der Waals surface area contributed by atoms with Crippen molar-refractivity contribution in [3.8, 4) is 0 Å². The van der Waals surface area contributed by atoms with Crippen molar-refractivity contribution in [3.05, 3.63) is 59.2 Å². The van der Waals surface area contributed by atoms with Crippen molar-refractivity contribution in [3.63, 3.8) is 0 Å². The number of carbonyl (C=O) groups excluding carboxylic acids is 1. The number of carbonyl (C=O) groups is 1. The molecule has 134 valence electrons. The Morgan fingerprint density at radius 2 is 1.64 bits per heavy atom. The summed E-state index contributed by atoms with van der Waals surface area (Å²) < 4.78 is 26.9. The predicted octanol–water partition coefficient (Wildman–Crippen LogP) is 3.27. The molecule has 1 N–H and O–H groups in total. The van der Waals surface area contributed by atoms with Crippen LogP contribution < -0.4 is 9.62 Å². The standard InChI is InChI=1S/C19H24N2O3S/c1-13(2)20-19(22)16-8-11-18(15(4)12-16)21(5)25(23,24)17-9-6-14(3)7-10-17/h6-13H,1-5H3,(H,20,22). The van der Waals surface area contributed by atoms with Crippen LogP contribution in [0, 0.1) is 13.8 Å². The number of hydrogen-bond acceptors (Lipinski definition) is 3. The van der Waals surface area contributed by atoms with E-state index in [4.69, 9.17) is 0 Å². The van der Waals surface area contributed by atoms with E-state index in [1.165, 1.54) is 11.4 Å². The molecule has 0 spiro atoms. The molecule has 0 aliphatic heterocycles. The first-order valence-electron chi connectivity index (χ1n) is 8.10. The van der Waals surface area contributed by atoms with Crippen molar-refractivity contribution in [1.29, 1.82) is 0 Å². The third kappa shape index (κ3) is 4.20. The number of amides is 1. The maximum atomic E-state index is 12.8. The Kier molecular flexibility index (Phi) is 5.52. The second kappa shape index (κ2) is 7.27. The number of benzene rings is 2. The zero-order chi connectivity index (χ0) is 18.8. The summed E-state index contributed by atoms with van der Waals surface area (Å²) in [7, 11) is -2.13. The fraction of sp³-hybridized carbons (Fsp3) is 0.316. The van der Waals surface area contributed by atoms with Gasteiger partial charge in [-0.25, -0.2) is 8.42 Å². The van der Waals surface area contributed by atoms with E-state index in [-0.39, 0.29) is 16.8 Å². The number of aryl methyl sites for hydroxylation is 2. The first kappa shape index (κ1) is 19.0. The van der Waals surface area contributed by atoms with Crippen LogP contribution in [-0.2, 0) is 10.0 Å². The molecular weight excluding hydrogens is 336 g/mol. The maximum Gasteiger partial charge on any atom is 0.264 e. The van der Waals surface area contributed by atoms with Gasteiger partial charge in [-0.15, -0.1) is 0 Å². The zero-order valence-corrected chi connectivity index (χ0v) is 16.0. The van der Waals surface area contributed by atoms with Gasteiger partial charge in [-0.05, 0) is 63.6 Å². The molecule has 0 aliphatic rings. The molecule has 5 nitrogen and oxygen atoms in total. The van der Waals surface area contributed by atoms with Gasteiger partial charge < -0.3 is 5.32 Å². The van der Waals surface area contributed by atoms with Gasteiger partial charge in [0.25, 0.3) is 15.9 Å². The molecular formula is C19H24N2O3S. The van der Waals surface area contributed by atoms with Gasteiger partial charge in [0, 0.05) is 18.7 Å². The molecule has 2 aromatic rings. The average Bonchev–Trinajstić information content (AvgIpc) is 2.53. The number of nitrogens with zero attached hydrogens (tertiary/aromatic N) is 1. The zero-order valence-electron chi connectivity index (χ0n) is 15.2. The molecule has 0 radical (unpaired) electrons. The highest BCUT2D eigenvalue weighted by molar-refractivity contribution is 7.92. The molecule has 0 aromatic heterocycles. The Morgan fingerprint density at radius 1 is 1.04 bits per heavy atom. The maximum absolute atomic E-state index is 12.8. The lowest BCUT2D eigenvalue weighted by molar-refractivity contribution is 0.0943. The Morgan fingerprint density at radius 3 is 2.16 bits per heavy atom. The third-order valence-electron chi connectivity index (χ3n) is 3.90. The minimum atomic E-state index is -3.65. The number of rotatable bonds is 5. The lowest BCUT2D eigenvalue weighted by atomic mass is 10.1. The molecule has 1 amide bonds. The molecule has 0 fully saturated rings. The summed E-state index contributed by atoms with van der Waals surface area (Å²) in [6.45, 7) is 7.48. The van der Waals surface area contributed by atoms with Crippen molar-refractivity contribution < 1.29 is 13.2 Å². The number of anilines is 1. The summed E-state index contributed by atoms with van der Waals surface area (Å²) in [5.41, 5.74) is 2.77. The van der Waals surface area contributed by atoms with Gasteiger partial charge in [0.15, 0.2) is 0 Å². The van der Waals surface area contributed by atoms with Crippen LogP contribution in [0.3, 0.4) is 0 Å². The molecule has 0 saturated carbocycles. The van der Waals surface area contributed by atoms with E-state index in [9.17, 15) is 13.2 Å². The van der Waals surface area contributed by atoms with Crippen LogP contribution in [0.15, 0.2) is 47.4 Å². The number of hydrogen-bond donors (Lipinski definition) is 1. The molecule has 2 rings (SSSR count). The van der Waals surface area contributed by atoms with E-state index in [0.717, 1.165) is 11.1 Å². The lowest BCUT2D eigenvalue weighted by Gasteiger charge is -2.22. The number of sulfonamides is 1. The molecule has 0 atom stereocenters. The second-order valence-electron chi connectivity index (χ2n) is 6.42. The van der Waals surface area contributed by atoms with Gasteiger partial charge in [0.05, 0.1) is 10.6 Å². The molecule has 0 unspecified atom stereocenters. The SMILES string of the molecule is Cc1ccc(S(=O)(=O)N(C)c2ccc(C(=O)NC(C)C)cc2C)cc1. The summed E-state index contributed by atoms with van der Waals surface area (Å²) in [5.74, 6) is -0.173. The first-order valence-corrected chi connectivity index (χ1v) is 9.54. The smallest absolute Gasteiger partial charge is 0.264 e. The fourth-order valence-electron chi connectivity index (χ4n) is 2.49. The molecule has 0 bridgehead atoms. The largest absolute Gasteiger partial charge is 0.350 e. The van der Waals surface area contributed by atoms with Crippen LogP contribution in [0.1, 0.15) is 35.3 Å². The molecule has 0 saturated heterocycles. The van der Waals surface area contributed by atoms with E-state index in [2.05, 4.69) is 5.32 Å². The van der Waals surface area contributed by atoms with Gasteiger partial charge in [-0.3, -0.25) is 9.10 Å². The Balaban J connectivity index is 2.34. The van der Waals surface area contributed by atoms with Crippen LogP contribution >= 0.6 is 0 Å².